The molecule has 0 atom stereocenters. The second kappa shape index (κ2) is 6.01. The van der Waals surface area contributed by atoms with E-state index in [4.69, 9.17) is 4.74 Å². The van der Waals surface area contributed by atoms with Crippen molar-refractivity contribution < 1.29 is 9.13 Å². The van der Waals surface area contributed by atoms with Gasteiger partial charge in [0.25, 0.3) is 0 Å². The fraction of sp³-hybridized carbons (Fsp3) is 0.571. The highest BCUT2D eigenvalue weighted by Gasteiger charge is 2.09. The first-order valence-electron chi connectivity index (χ1n) is 6.37. The normalized spacial score (nSPS) is 17.1. The summed E-state index contributed by atoms with van der Waals surface area (Å²) in [4.78, 5) is 2.43. The van der Waals surface area contributed by atoms with E-state index in [2.05, 4.69) is 4.90 Å². The maximum Gasteiger partial charge on any atom is 0.123 e. The van der Waals surface area contributed by atoms with Gasteiger partial charge in [-0.2, -0.15) is 0 Å². The van der Waals surface area contributed by atoms with Crippen molar-refractivity contribution in [1.82, 2.24) is 4.90 Å². The lowest BCUT2D eigenvalue weighted by molar-refractivity contribution is 0.183. The highest BCUT2D eigenvalue weighted by atomic mass is 19.1. The molecule has 0 bridgehead atoms. The Morgan fingerprint density at radius 1 is 1.24 bits per heavy atom. The van der Waals surface area contributed by atoms with Crippen molar-refractivity contribution in [3.8, 4) is 5.75 Å². The average Bonchev–Trinajstić information content (AvgIpc) is 2.33. The second-order valence-corrected chi connectivity index (χ2v) is 4.66. The van der Waals surface area contributed by atoms with Crippen molar-refractivity contribution in [3.63, 3.8) is 0 Å². The van der Waals surface area contributed by atoms with Gasteiger partial charge in [-0.1, -0.05) is 6.42 Å². The average molecular weight is 237 g/mol. The summed E-state index contributed by atoms with van der Waals surface area (Å²) in [5, 5.41) is 0. The summed E-state index contributed by atoms with van der Waals surface area (Å²) >= 11 is 0. The molecule has 1 aliphatic rings. The van der Waals surface area contributed by atoms with E-state index < -0.39 is 0 Å². The molecule has 1 aromatic carbocycles. The van der Waals surface area contributed by atoms with Crippen LogP contribution in [0.1, 0.15) is 24.8 Å². The summed E-state index contributed by atoms with van der Waals surface area (Å²) in [5.74, 6) is 0.592. The molecule has 94 valence electrons. The maximum atomic E-state index is 12.9. The van der Waals surface area contributed by atoms with Crippen LogP contribution in [0.3, 0.4) is 0 Å². The zero-order valence-electron chi connectivity index (χ0n) is 10.4. The molecule has 1 saturated heterocycles. The molecule has 1 heterocycles. The van der Waals surface area contributed by atoms with Gasteiger partial charge in [-0.3, -0.25) is 4.90 Å². The van der Waals surface area contributed by atoms with Crippen molar-refractivity contribution >= 4 is 0 Å². The summed E-state index contributed by atoms with van der Waals surface area (Å²) in [6, 6.07) is 4.67. The highest BCUT2D eigenvalue weighted by Crippen LogP contribution is 2.18. The zero-order valence-corrected chi connectivity index (χ0v) is 10.4. The van der Waals surface area contributed by atoms with Crippen LogP contribution in [0.15, 0.2) is 18.2 Å². The van der Waals surface area contributed by atoms with Gasteiger partial charge in [0.15, 0.2) is 0 Å². The fourth-order valence-corrected chi connectivity index (χ4v) is 2.24. The molecular formula is C14H20FNO. The van der Waals surface area contributed by atoms with Crippen LogP contribution in [0.5, 0.6) is 5.75 Å². The van der Waals surface area contributed by atoms with Crippen molar-refractivity contribution in [1.29, 1.82) is 0 Å². The smallest absolute Gasteiger partial charge is 0.123 e. The first-order valence-corrected chi connectivity index (χ1v) is 6.37. The number of piperidine rings is 1. The quantitative estimate of drug-likeness (QED) is 0.798. The Hall–Kier alpha value is -1.09. The zero-order chi connectivity index (χ0) is 12.1. The van der Waals surface area contributed by atoms with E-state index in [9.17, 15) is 4.39 Å². The van der Waals surface area contributed by atoms with Gasteiger partial charge in [0.1, 0.15) is 18.2 Å². The molecule has 1 fully saturated rings. The third kappa shape index (κ3) is 3.70. The molecule has 0 unspecified atom stereocenters. The first kappa shape index (κ1) is 12.4. The summed E-state index contributed by atoms with van der Waals surface area (Å²) in [6.07, 6.45) is 3.96. The van der Waals surface area contributed by atoms with E-state index >= 15 is 0 Å². The molecule has 1 aliphatic heterocycles. The van der Waals surface area contributed by atoms with Gasteiger partial charge in [-0.15, -0.1) is 0 Å². The number of halogens is 1. The lowest BCUT2D eigenvalue weighted by Crippen LogP contribution is -2.33. The molecule has 3 heteroatoms. The minimum absolute atomic E-state index is 0.203. The molecule has 0 spiro atoms. The van der Waals surface area contributed by atoms with E-state index in [0.29, 0.717) is 6.61 Å². The Balaban J connectivity index is 1.77. The largest absolute Gasteiger partial charge is 0.492 e. The lowest BCUT2D eigenvalue weighted by atomic mass is 10.1. The standard InChI is InChI=1S/C14H20FNO/c1-12-11-13(15)5-6-14(12)17-10-9-16-7-3-2-4-8-16/h5-6,11H,2-4,7-10H2,1H3. The minimum atomic E-state index is -0.203. The predicted octanol–water partition coefficient (Wildman–Crippen LogP) is 3.00. The number of rotatable bonds is 4. The molecule has 2 nitrogen and oxygen atoms in total. The van der Waals surface area contributed by atoms with Crippen molar-refractivity contribution in [2.45, 2.75) is 26.2 Å². The molecule has 0 N–H and O–H groups in total. The van der Waals surface area contributed by atoms with E-state index in [-0.39, 0.29) is 5.82 Å². The molecule has 0 radical (unpaired) electrons. The molecular weight excluding hydrogens is 217 g/mol. The first-order chi connectivity index (χ1) is 8.25. The summed E-state index contributed by atoms with van der Waals surface area (Å²) < 4.78 is 18.6. The number of likely N-dealkylation sites (tertiary alicyclic amines) is 1. The van der Waals surface area contributed by atoms with E-state index in [1.807, 2.05) is 6.92 Å². The number of hydrogen-bond donors (Lipinski definition) is 0. The Kier molecular flexibility index (Phi) is 4.37. The van der Waals surface area contributed by atoms with Crippen LogP contribution in [0.4, 0.5) is 4.39 Å². The van der Waals surface area contributed by atoms with Gasteiger partial charge in [-0.25, -0.2) is 4.39 Å². The topological polar surface area (TPSA) is 12.5 Å². The Morgan fingerprint density at radius 2 is 2.00 bits per heavy atom. The minimum Gasteiger partial charge on any atom is -0.492 e. The maximum absolute atomic E-state index is 12.9. The third-order valence-electron chi connectivity index (χ3n) is 3.25. The molecule has 0 aliphatic carbocycles. The van der Waals surface area contributed by atoms with Gasteiger partial charge < -0.3 is 4.74 Å². The van der Waals surface area contributed by atoms with E-state index in [0.717, 1.165) is 17.9 Å². The summed E-state index contributed by atoms with van der Waals surface area (Å²) in [7, 11) is 0. The molecule has 0 saturated carbocycles. The van der Waals surface area contributed by atoms with Crippen molar-refractivity contribution in [2.75, 3.05) is 26.2 Å². The van der Waals surface area contributed by atoms with Crippen LogP contribution in [-0.4, -0.2) is 31.1 Å². The SMILES string of the molecule is Cc1cc(F)ccc1OCCN1CCCCC1. The third-order valence-corrected chi connectivity index (χ3v) is 3.25. The van der Waals surface area contributed by atoms with Crippen LogP contribution in [-0.2, 0) is 0 Å². The van der Waals surface area contributed by atoms with Gasteiger partial charge in [0.2, 0.25) is 0 Å². The summed E-state index contributed by atoms with van der Waals surface area (Å²) in [5.41, 5.74) is 0.864. The van der Waals surface area contributed by atoms with E-state index in [1.165, 1.54) is 44.5 Å². The Morgan fingerprint density at radius 3 is 2.71 bits per heavy atom. The second-order valence-electron chi connectivity index (χ2n) is 4.66. The predicted molar refractivity (Wildman–Crippen MR) is 66.9 cm³/mol. The lowest BCUT2D eigenvalue weighted by Gasteiger charge is -2.26. The Labute approximate surface area is 102 Å². The van der Waals surface area contributed by atoms with Gasteiger partial charge in [0.05, 0.1) is 0 Å². The van der Waals surface area contributed by atoms with Crippen LogP contribution >= 0.6 is 0 Å². The van der Waals surface area contributed by atoms with Gasteiger partial charge >= 0.3 is 0 Å². The van der Waals surface area contributed by atoms with Gasteiger partial charge in [0, 0.05) is 6.54 Å². The Bertz CT molecular complexity index is 361. The number of aryl methyl sites for hydroxylation is 1. The molecule has 0 amide bonds. The van der Waals surface area contributed by atoms with Gasteiger partial charge in [-0.05, 0) is 56.6 Å². The number of nitrogens with zero attached hydrogens (tertiary/aromatic N) is 1. The van der Waals surface area contributed by atoms with Crippen LogP contribution < -0.4 is 4.74 Å². The summed E-state index contributed by atoms with van der Waals surface area (Å²) in [6.45, 7) is 5.90. The molecule has 17 heavy (non-hydrogen) atoms. The van der Waals surface area contributed by atoms with Crippen LogP contribution in [0.2, 0.25) is 0 Å². The molecule has 0 aromatic heterocycles. The number of ether oxygens (including phenoxy) is 1. The monoisotopic (exact) mass is 237 g/mol. The number of benzene rings is 1. The van der Waals surface area contributed by atoms with Crippen LogP contribution in [0, 0.1) is 12.7 Å². The molecule has 2 rings (SSSR count). The van der Waals surface area contributed by atoms with Crippen LogP contribution in [0.25, 0.3) is 0 Å². The molecule has 1 aromatic rings. The number of hydrogen-bond acceptors (Lipinski definition) is 2. The van der Waals surface area contributed by atoms with E-state index in [1.54, 1.807) is 6.07 Å². The highest BCUT2D eigenvalue weighted by molar-refractivity contribution is 5.32. The van der Waals surface area contributed by atoms with Crippen molar-refractivity contribution in [2.24, 2.45) is 0 Å². The van der Waals surface area contributed by atoms with Crippen molar-refractivity contribution in [3.05, 3.63) is 29.6 Å². The fourth-order valence-electron chi connectivity index (χ4n) is 2.24.